The maximum atomic E-state index is 11.1. The van der Waals surface area contributed by atoms with Crippen molar-refractivity contribution in [2.45, 2.75) is 13.3 Å². The Morgan fingerprint density at radius 3 is 2.50 bits per heavy atom. The van der Waals surface area contributed by atoms with Gasteiger partial charge in [0.1, 0.15) is 0 Å². The van der Waals surface area contributed by atoms with Crippen LogP contribution in [0.1, 0.15) is 22.8 Å². The number of ketones is 1. The third-order valence-corrected chi connectivity index (χ3v) is 2.66. The highest BCUT2D eigenvalue weighted by Gasteiger charge is 2.07. The number of hydrogen-bond donors (Lipinski definition) is 1. The second-order valence-electron chi connectivity index (χ2n) is 2.94. The second-order valence-corrected chi connectivity index (χ2v) is 4.10. The Labute approximate surface area is 95.3 Å². The first-order chi connectivity index (χ1) is 6.50. The molecule has 0 spiro atoms. The smallest absolute Gasteiger partial charge is 0.307 e. The summed E-state index contributed by atoms with van der Waals surface area (Å²) < 4.78 is 0.800. The van der Waals surface area contributed by atoms with Crippen LogP contribution in [0.2, 0.25) is 0 Å². The first-order valence-electron chi connectivity index (χ1n) is 4.02. The maximum Gasteiger partial charge on any atom is 0.307 e. The molecule has 0 amide bonds. The van der Waals surface area contributed by atoms with Crippen molar-refractivity contribution in [1.82, 2.24) is 0 Å². The summed E-state index contributed by atoms with van der Waals surface area (Å²) in [6.45, 7) is 1.49. The highest BCUT2D eigenvalue weighted by atomic mass is 127. The molecule has 1 rings (SSSR count). The minimum atomic E-state index is -0.864. The van der Waals surface area contributed by atoms with Crippen molar-refractivity contribution >= 4 is 34.3 Å². The lowest BCUT2D eigenvalue weighted by Gasteiger charge is -2.02. The highest BCUT2D eigenvalue weighted by Crippen LogP contribution is 2.15. The predicted octanol–water partition coefficient (Wildman–Crippen LogP) is 2.12. The van der Waals surface area contributed by atoms with Gasteiger partial charge in [0.15, 0.2) is 5.78 Å². The molecule has 0 atom stereocenters. The van der Waals surface area contributed by atoms with Crippen LogP contribution in [0, 0.1) is 3.57 Å². The topological polar surface area (TPSA) is 54.4 Å². The average molecular weight is 304 g/mol. The summed E-state index contributed by atoms with van der Waals surface area (Å²) >= 11 is 2.03. The average Bonchev–Trinajstić information content (AvgIpc) is 2.01. The van der Waals surface area contributed by atoms with Crippen molar-refractivity contribution in [3.8, 4) is 0 Å². The van der Waals surface area contributed by atoms with Crippen LogP contribution in [0.5, 0.6) is 0 Å². The number of aliphatic carboxylic acids is 1. The molecule has 14 heavy (non-hydrogen) atoms. The van der Waals surface area contributed by atoms with Crippen LogP contribution in [-0.2, 0) is 11.2 Å². The molecule has 0 radical (unpaired) electrons. The lowest BCUT2D eigenvalue weighted by molar-refractivity contribution is -0.136. The molecule has 0 saturated carbocycles. The van der Waals surface area contributed by atoms with Gasteiger partial charge in [0.05, 0.1) is 6.42 Å². The van der Waals surface area contributed by atoms with E-state index in [9.17, 15) is 9.59 Å². The number of Topliss-reactive ketones (excluding diaryl/α,β-unsaturated/α-hetero) is 1. The molecule has 0 aliphatic rings. The molecule has 0 aliphatic heterocycles. The van der Waals surface area contributed by atoms with Crippen molar-refractivity contribution < 1.29 is 14.7 Å². The van der Waals surface area contributed by atoms with Crippen LogP contribution >= 0.6 is 22.6 Å². The summed E-state index contributed by atoms with van der Waals surface area (Å²) in [4.78, 5) is 21.5. The van der Waals surface area contributed by atoms with Crippen LogP contribution in [0.4, 0.5) is 0 Å². The van der Waals surface area contributed by atoms with Gasteiger partial charge in [-0.25, -0.2) is 0 Å². The number of carbonyl (C=O) groups is 2. The molecule has 1 N–H and O–H groups in total. The lowest BCUT2D eigenvalue weighted by atomic mass is 10.1. The van der Waals surface area contributed by atoms with Crippen LogP contribution in [0.3, 0.4) is 0 Å². The van der Waals surface area contributed by atoms with Gasteiger partial charge in [-0.15, -0.1) is 0 Å². The molecule has 0 heterocycles. The van der Waals surface area contributed by atoms with E-state index in [1.54, 1.807) is 18.2 Å². The summed E-state index contributed by atoms with van der Waals surface area (Å²) in [5.74, 6) is -0.868. The van der Waals surface area contributed by atoms with E-state index in [1.807, 2.05) is 22.6 Å². The normalized spacial score (nSPS) is 9.86. The minimum Gasteiger partial charge on any atom is -0.481 e. The van der Waals surface area contributed by atoms with Gasteiger partial charge in [0.2, 0.25) is 0 Å². The Kier molecular flexibility index (Phi) is 3.62. The van der Waals surface area contributed by atoms with Crippen LogP contribution in [0.15, 0.2) is 18.2 Å². The molecule has 0 aliphatic carbocycles. The monoisotopic (exact) mass is 304 g/mol. The van der Waals surface area contributed by atoms with E-state index in [4.69, 9.17) is 5.11 Å². The zero-order valence-corrected chi connectivity index (χ0v) is 9.74. The van der Waals surface area contributed by atoms with E-state index < -0.39 is 5.97 Å². The summed E-state index contributed by atoms with van der Waals surface area (Å²) in [5.41, 5.74) is 1.35. The molecule has 0 saturated heterocycles. The molecule has 4 heteroatoms. The Morgan fingerprint density at radius 1 is 1.43 bits per heavy atom. The Bertz CT molecular complexity index is 385. The Balaban J connectivity index is 3.00. The number of benzene rings is 1. The zero-order valence-electron chi connectivity index (χ0n) is 7.58. The SMILES string of the molecule is CC(=O)c1ccc(CC(=O)O)cc1I. The number of carboxylic acids is 1. The van der Waals surface area contributed by atoms with E-state index in [1.165, 1.54) is 6.92 Å². The first kappa shape index (κ1) is 11.2. The Hall–Kier alpha value is -0.910. The van der Waals surface area contributed by atoms with Crippen molar-refractivity contribution in [3.63, 3.8) is 0 Å². The largest absolute Gasteiger partial charge is 0.481 e. The Morgan fingerprint density at radius 2 is 2.07 bits per heavy atom. The van der Waals surface area contributed by atoms with Gasteiger partial charge in [-0.3, -0.25) is 9.59 Å². The quantitative estimate of drug-likeness (QED) is 0.687. The molecule has 1 aromatic rings. The van der Waals surface area contributed by atoms with Gasteiger partial charge >= 0.3 is 5.97 Å². The highest BCUT2D eigenvalue weighted by molar-refractivity contribution is 14.1. The summed E-state index contributed by atoms with van der Waals surface area (Å²) in [7, 11) is 0. The molecule has 3 nitrogen and oxygen atoms in total. The number of hydrogen-bond acceptors (Lipinski definition) is 2. The van der Waals surface area contributed by atoms with Crippen LogP contribution < -0.4 is 0 Å². The lowest BCUT2D eigenvalue weighted by Crippen LogP contribution is -2.02. The molecule has 0 fully saturated rings. The molecule has 0 aromatic heterocycles. The van der Waals surface area contributed by atoms with Crippen molar-refractivity contribution in [1.29, 1.82) is 0 Å². The molecule has 1 aromatic carbocycles. The van der Waals surface area contributed by atoms with E-state index in [2.05, 4.69) is 0 Å². The van der Waals surface area contributed by atoms with Crippen molar-refractivity contribution in [2.75, 3.05) is 0 Å². The third kappa shape index (κ3) is 2.80. The molecular weight excluding hydrogens is 295 g/mol. The molecule has 74 valence electrons. The minimum absolute atomic E-state index is 0.00345. The summed E-state index contributed by atoms with van der Waals surface area (Å²) in [6.07, 6.45) is -0.00577. The zero-order chi connectivity index (χ0) is 10.7. The van der Waals surface area contributed by atoms with Gasteiger partial charge in [0.25, 0.3) is 0 Å². The van der Waals surface area contributed by atoms with Gasteiger partial charge in [-0.1, -0.05) is 12.1 Å². The molecule has 0 bridgehead atoms. The van der Waals surface area contributed by atoms with E-state index >= 15 is 0 Å². The molecule has 0 unspecified atom stereocenters. The fourth-order valence-corrected chi connectivity index (χ4v) is 2.09. The van der Waals surface area contributed by atoms with Crippen molar-refractivity contribution in [2.24, 2.45) is 0 Å². The van der Waals surface area contributed by atoms with E-state index in [0.29, 0.717) is 11.1 Å². The number of carboxylic acid groups (broad SMARTS) is 1. The van der Waals surface area contributed by atoms with Gasteiger partial charge in [0, 0.05) is 9.13 Å². The van der Waals surface area contributed by atoms with Gasteiger partial charge in [-0.05, 0) is 41.1 Å². The number of rotatable bonds is 3. The first-order valence-corrected chi connectivity index (χ1v) is 5.09. The summed E-state index contributed by atoms with van der Waals surface area (Å²) in [6, 6.07) is 5.07. The van der Waals surface area contributed by atoms with Crippen LogP contribution in [0.25, 0.3) is 0 Å². The van der Waals surface area contributed by atoms with Gasteiger partial charge in [-0.2, -0.15) is 0 Å². The molecular formula is C10H9IO3. The fourth-order valence-electron chi connectivity index (χ4n) is 1.13. The predicted molar refractivity (Wildman–Crippen MR) is 60.5 cm³/mol. The second kappa shape index (κ2) is 4.54. The van der Waals surface area contributed by atoms with E-state index in [-0.39, 0.29) is 12.2 Å². The van der Waals surface area contributed by atoms with Crippen molar-refractivity contribution in [3.05, 3.63) is 32.9 Å². The number of halogens is 1. The number of carbonyl (C=O) groups excluding carboxylic acids is 1. The summed E-state index contributed by atoms with van der Waals surface area (Å²) in [5, 5.41) is 8.57. The third-order valence-electron chi connectivity index (χ3n) is 1.77. The van der Waals surface area contributed by atoms with Crippen LogP contribution in [-0.4, -0.2) is 16.9 Å². The van der Waals surface area contributed by atoms with E-state index in [0.717, 1.165) is 3.57 Å². The van der Waals surface area contributed by atoms with Gasteiger partial charge < -0.3 is 5.11 Å². The standard InChI is InChI=1S/C10H9IO3/c1-6(12)8-3-2-7(4-9(8)11)5-10(13)14/h2-4H,5H2,1H3,(H,13,14). The maximum absolute atomic E-state index is 11.1. The fraction of sp³-hybridized carbons (Fsp3) is 0.200.